The fourth-order valence-corrected chi connectivity index (χ4v) is 4.30. The van der Waals surface area contributed by atoms with E-state index in [0.29, 0.717) is 27.8 Å². The van der Waals surface area contributed by atoms with Crippen molar-refractivity contribution in [3.8, 4) is 0 Å². The minimum Gasteiger partial charge on any atom is -0.258 e. The van der Waals surface area contributed by atoms with Crippen LogP contribution in [0.2, 0.25) is 5.02 Å². The average Bonchev–Trinajstić information content (AvgIpc) is 2.44. The van der Waals surface area contributed by atoms with E-state index in [0.717, 1.165) is 18.8 Å². The first-order valence-electron chi connectivity index (χ1n) is 7.58. The summed E-state index contributed by atoms with van der Waals surface area (Å²) >= 11 is 9.98. The molecule has 0 heterocycles. The quantitative estimate of drug-likeness (QED) is 0.373. The zero-order chi connectivity index (χ0) is 15.4. The highest BCUT2D eigenvalue weighted by Gasteiger charge is 2.31. The molecule has 21 heavy (non-hydrogen) atoms. The van der Waals surface area contributed by atoms with Crippen molar-refractivity contribution in [2.75, 3.05) is 0 Å². The minimum atomic E-state index is -0.323. The first-order chi connectivity index (χ1) is 10.0. The van der Waals surface area contributed by atoms with Crippen LogP contribution < -0.4 is 0 Å². The Morgan fingerprint density at radius 2 is 2.19 bits per heavy atom. The molecule has 0 aromatic heterocycles. The van der Waals surface area contributed by atoms with Crippen molar-refractivity contribution in [3.05, 3.63) is 38.9 Å². The molecule has 1 aromatic rings. The molecule has 2 rings (SSSR count). The average molecular weight is 375 g/mol. The molecule has 5 heteroatoms. The van der Waals surface area contributed by atoms with Gasteiger partial charge in [0, 0.05) is 16.5 Å². The smallest absolute Gasteiger partial charge is 0.258 e. The molecule has 1 aromatic carbocycles. The van der Waals surface area contributed by atoms with E-state index < -0.39 is 0 Å². The molecule has 1 aliphatic rings. The summed E-state index contributed by atoms with van der Waals surface area (Å²) in [4.78, 5) is 11.3. The Morgan fingerprint density at radius 3 is 2.86 bits per heavy atom. The van der Waals surface area contributed by atoms with E-state index in [1.54, 1.807) is 18.2 Å². The second-order valence-electron chi connectivity index (χ2n) is 5.94. The molecule has 0 N–H and O–H groups in total. The predicted octanol–water partition coefficient (Wildman–Crippen LogP) is 5.77. The lowest BCUT2D eigenvalue weighted by Crippen LogP contribution is -2.27. The van der Waals surface area contributed by atoms with Crippen LogP contribution in [0.4, 0.5) is 5.69 Å². The maximum atomic E-state index is 11.2. The maximum absolute atomic E-state index is 11.2. The molecular formula is C16H21BrClNO2. The number of rotatable bonds is 5. The lowest BCUT2D eigenvalue weighted by Gasteiger charge is -2.33. The highest BCUT2D eigenvalue weighted by Crippen LogP contribution is 2.40. The highest BCUT2D eigenvalue weighted by molar-refractivity contribution is 9.09. The van der Waals surface area contributed by atoms with Gasteiger partial charge in [-0.15, -0.1) is 0 Å². The molecule has 116 valence electrons. The number of halogens is 2. The van der Waals surface area contributed by atoms with Gasteiger partial charge in [0.2, 0.25) is 0 Å². The van der Waals surface area contributed by atoms with E-state index in [9.17, 15) is 10.1 Å². The molecular weight excluding hydrogens is 354 g/mol. The third-order valence-corrected chi connectivity index (χ3v) is 6.01. The zero-order valence-electron chi connectivity index (χ0n) is 12.2. The van der Waals surface area contributed by atoms with E-state index in [1.165, 1.54) is 19.3 Å². The molecule has 1 aliphatic carbocycles. The van der Waals surface area contributed by atoms with Gasteiger partial charge in [-0.1, -0.05) is 53.4 Å². The van der Waals surface area contributed by atoms with Gasteiger partial charge in [-0.05, 0) is 43.6 Å². The topological polar surface area (TPSA) is 43.1 Å². The van der Waals surface area contributed by atoms with Crippen molar-refractivity contribution < 1.29 is 4.92 Å². The fourth-order valence-electron chi connectivity index (χ4n) is 3.39. The summed E-state index contributed by atoms with van der Waals surface area (Å²) in [6.45, 7) is 2.22. The normalized spacial score (nSPS) is 25.8. The Hall–Kier alpha value is -0.610. The summed E-state index contributed by atoms with van der Waals surface area (Å²) in [5.41, 5.74) is 0.843. The largest absolute Gasteiger partial charge is 0.274 e. The van der Waals surface area contributed by atoms with Crippen LogP contribution in [0.15, 0.2) is 18.2 Å². The van der Waals surface area contributed by atoms with Gasteiger partial charge in [0.1, 0.15) is 0 Å². The molecule has 1 saturated carbocycles. The van der Waals surface area contributed by atoms with Crippen LogP contribution in [0.3, 0.4) is 0 Å². The van der Waals surface area contributed by atoms with E-state index in [1.807, 2.05) is 0 Å². The van der Waals surface area contributed by atoms with Crippen molar-refractivity contribution >= 4 is 33.2 Å². The lowest BCUT2D eigenvalue weighted by atomic mass is 9.77. The van der Waals surface area contributed by atoms with Gasteiger partial charge in [0.25, 0.3) is 5.69 Å². The Bertz CT molecular complexity index is 509. The van der Waals surface area contributed by atoms with Crippen molar-refractivity contribution in [1.82, 2.24) is 0 Å². The van der Waals surface area contributed by atoms with Gasteiger partial charge in [0.05, 0.1) is 9.95 Å². The van der Waals surface area contributed by atoms with Gasteiger partial charge in [0.15, 0.2) is 0 Å². The predicted molar refractivity (Wildman–Crippen MR) is 90.3 cm³/mol. The molecule has 3 unspecified atom stereocenters. The van der Waals surface area contributed by atoms with E-state index in [2.05, 4.69) is 22.9 Å². The van der Waals surface area contributed by atoms with E-state index >= 15 is 0 Å². The van der Waals surface area contributed by atoms with Gasteiger partial charge >= 0.3 is 0 Å². The number of nitro benzene ring substituents is 1. The van der Waals surface area contributed by atoms with Crippen LogP contribution in [-0.4, -0.2) is 9.75 Å². The van der Waals surface area contributed by atoms with Gasteiger partial charge in [-0.2, -0.15) is 0 Å². The molecule has 0 saturated heterocycles. The second kappa shape index (κ2) is 7.59. The highest BCUT2D eigenvalue weighted by atomic mass is 79.9. The number of alkyl halides is 1. The number of nitro groups is 1. The van der Waals surface area contributed by atoms with Crippen LogP contribution in [0.1, 0.15) is 44.6 Å². The van der Waals surface area contributed by atoms with Gasteiger partial charge in [-0.25, -0.2) is 0 Å². The standard InChI is InChI=1S/C16H21BrClNO2/c1-2-4-11-7-8-14(17)12(9-11)10-13-15(18)5-3-6-16(13)19(20)21/h3,5-6,11-12,14H,2,4,7-10H2,1H3. The van der Waals surface area contributed by atoms with Gasteiger partial charge in [-0.3, -0.25) is 10.1 Å². The first-order valence-corrected chi connectivity index (χ1v) is 8.88. The van der Waals surface area contributed by atoms with Crippen molar-refractivity contribution in [2.45, 2.75) is 50.3 Å². The summed E-state index contributed by atoms with van der Waals surface area (Å²) in [7, 11) is 0. The summed E-state index contributed by atoms with van der Waals surface area (Å²) < 4.78 is 0. The van der Waals surface area contributed by atoms with Gasteiger partial charge < -0.3 is 0 Å². The Morgan fingerprint density at radius 1 is 1.43 bits per heavy atom. The Kier molecular flexibility index (Phi) is 6.06. The number of hydrogen-bond donors (Lipinski definition) is 0. The number of benzene rings is 1. The molecule has 0 amide bonds. The SMILES string of the molecule is CCCC1CCC(Br)C(Cc2c(Cl)cccc2[N+](=O)[O-])C1. The number of hydrogen-bond acceptors (Lipinski definition) is 2. The summed E-state index contributed by atoms with van der Waals surface area (Å²) in [5, 5.41) is 11.7. The summed E-state index contributed by atoms with van der Waals surface area (Å²) in [5.74, 6) is 1.17. The van der Waals surface area contributed by atoms with E-state index in [4.69, 9.17) is 11.6 Å². The Balaban J connectivity index is 2.18. The maximum Gasteiger partial charge on any atom is 0.274 e. The second-order valence-corrected chi connectivity index (χ2v) is 7.53. The summed E-state index contributed by atoms with van der Waals surface area (Å²) in [6.07, 6.45) is 6.67. The molecule has 3 nitrogen and oxygen atoms in total. The molecule has 0 aliphatic heterocycles. The third kappa shape index (κ3) is 4.19. The molecule has 0 spiro atoms. The number of nitrogens with zero attached hydrogens (tertiary/aromatic N) is 1. The molecule has 3 atom stereocenters. The van der Waals surface area contributed by atoms with Crippen molar-refractivity contribution in [1.29, 1.82) is 0 Å². The van der Waals surface area contributed by atoms with E-state index in [-0.39, 0.29) is 10.6 Å². The van der Waals surface area contributed by atoms with Crippen molar-refractivity contribution in [2.24, 2.45) is 11.8 Å². The molecule has 0 radical (unpaired) electrons. The summed E-state index contributed by atoms with van der Waals surface area (Å²) in [6, 6.07) is 4.95. The van der Waals surface area contributed by atoms with Crippen LogP contribution in [0.25, 0.3) is 0 Å². The van der Waals surface area contributed by atoms with Crippen LogP contribution in [0.5, 0.6) is 0 Å². The molecule has 1 fully saturated rings. The molecule has 0 bridgehead atoms. The lowest BCUT2D eigenvalue weighted by molar-refractivity contribution is -0.385. The minimum absolute atomic E-state index is 0.153. The van der Waals surface area contributed by atoms with Crippen molar-refractivity contribution in [3.63, 3.8) is 0 Å². The first kappa shape index (κ1) is 16.8. The third-order valence-electron chi connectivity index (χ3n) is 4.45. The van der Waals surface area contributed by atoms with Crippen LogP contribution in [-0.2, 0) is 6.42 Å². The Labute approximate surface area is 139 Å². The monoisotopic (exact) mass is 373 g/mol. The van der Waals surface area contributed by atoms with Crippen LogP contribution in [0, 0.1) is 22.0 Å². The zero-order valence-corrected chi connectivity index (χ0v) is 14.6. The van der Waals surface area contributed by atoms with Crippen LogP contribution >= 0.6 is 27.5 Å². The fraction of sp³-hybridized carbons (Fsp3) is 0.625.